The minimum absolute atomic E-state index is 0.164. The molecule has 0 fully saturated rings. The number of nitrogen functional groups attached to an aromatic ring is 1. The Hall–Kier alpha value is -1.66. The van der Waals surface area contributed by atoms with E-state index >= 15 is 0 Å². The van der Waals surface area contributed by atoms with Gasteiger partial charge in [-0.25, -0.2) is 4.98 Å². The van der Waals surface area contributed by atoms with Gasteiger partial charge < -0.3 is 15.8 Å². The summed E-state index contributed by atoms with van der Waals surface area (Å²) in [7, 11) is 0. The topological polar surface area (TPSA) is 77.2 Å². The summed E-state index contributed by atoms with van der Waals surface area (Å²) in [5.41, 5.74) is 7.64. The summed E-state index contributed by atoms with van der Waals surface area (Å²) in [4.78, 5) is 17.8. The van der Waals surface area contributed by atoms with Crippen molar-refractivity contribution in [2.45, 2.75) is 20.8 Å². The number of anilines is 1. The number of rotatable bonds is 6. The molecule has 5 nitrogen and oxygen atoms in total. The van der Waals surface area contributed by atoms with Crippen LogP contribution >= 0.6 is 11.3 Å². The second-order valence-electron chi connectivity index (χ2n) is 5.38. The Labute approximate surface area is 128 Å². The van der Waals surface area contributed by atoms with Gasteiger partial charge in [0.2, 0.25) is 0 Å². The summed E-state index contributed by atoms with van der Waals surface area (Å²) in [6, 6.07) is 1.90. The van der Waals surface area contributed by atoms with E-state index in [0.717, 1.165) is 15.8 Å². The number of hydrogen-bond acceptors (Lipinski definition) is 5. The van der Waals surface area contributed by atoms with Crippen molar-refractivity contribution >= 4 is 33.1 Å². The highest BCUT2D eigenvalue weighted by molar-refractivity contribution is 7.21. The van der Waals surface area contributed by atoms with Gasteiger partial charge in [0.05, 0.1) is 12.3 Å². The molecule has 2 rings (SSSR count). The number of thiophene rings is 1. The number of amides is 1. The zero-order valence-corrected chi connectivity index (χ0v) is 13.4. The van der Waals surface area contributed by atoms with Crippen LogP contribution < -0.4 is 11.1 Å². The third-order valence-corrected chi connectivity index (χ3v) is 4.14. The fourth-order valence-corrected chi connectivity index (χ4v) is 3.07. The molecule has 0 aliphatic rings. The number of carbonyl (C=O) groups excluding carboxylic acids is 1. The number of pyridine rings is 1. The third-order valence-electron chi connectivity index (χ3n) is 3.03. The molecule has 114 valence electrons. The second kappa shape index (κ2) is 6.87. The Morgan fingerprint density at radius 2 is 2.29 bits per heavy atom. The van der Waals surface area contributed by atoms with E-state index in [-0.39, 0.29) is 5.91 Å². The highest BCUT2D eigenvalue weighted by atomic mass is 32.1. The van der Waals surface area contributed by atoms with E-state index in [9.17, 15) is 4.79 Å². The zero-order chi connectivity index (χ0) is 15.4. The molecule has 0 saturated heterocycles. The maximum absolute atomic E-state index is 12.2. The highest BCUT2D eigenvalue weighted by Gasteiger charge is 2.17. The summed E-state index contributed by atoms with van der Waals surface area (Å²) in [6.07, 6.45) is 1.73. The van der Waals surface area contributed by atoms with Crippen molar-refractivity contribution in [3.05, 3.63) is 22.7 Å². The lowest BCUT2D eigenvalue weighted by Gasteiger charge is -2.07. The van der Waals surface area contributed by atoms with E-state index in [1.165, 1.54) is 11.3 Å². The predicted molar refractivity (Wildman–Crippen MR) is 86.8 cm³/mol. The van der Waals surface area contributed by atoms with Gasteiger partial charge in [-0.2, -0.15) is 0 Å². The molecule has 2 aromatic heterocycles. The van der Waals surface area contributed by atoms with Crippen LogP contribution in [0.1, 0.15) is 29.1 Å². The number of nitrogens with zero attached hydrogens (tertiary/aromatic N) is 1. The zero-order valence-electron chi connectivity index (χ0n) is 12.6. The summed E-state index contributed by atoms with van der Waals surface area (Å²) in [5, 5.41) is 3.71. The first-order chi connectivity index (χ1) is 10.0. The molecule has 0 aromatic carbocycles. The van der Waals surface area contributed by atoms with Gasteiger partial charge in [0.15, 0.2) is 0 Å². The fraction of sp³-hybridized carbons (Fsp3) is 0.467. The van der Waals surface area contributed by atoms with E-state index in [0.29, 0.717) is 36.2 Å². The molecule has 0 radical (unpaired) electrons. The van der Waals surface area contributed by atoms with Crippen molar-refractivity contribution in [2.75, 3.05) is 25.5 Å². The van der Waals surface area contributed by atoms with Crippen molar-refractivity contribution in [3.63, 3.8) is 0 Å². The molecule has 2 heterocycles. The number of fused-ring (bicyclic) bond motifs is 1. The van der Waals surface area contributed by atoms with Crippen LogP contribution in [0, 0.1) is 12.8 Å². The predicted octanol–water partition coefficient (Wildman–Crippen LogP) is 2.59. The molecule has 0 spiro atoms. The van der Waals surface area contributed by atoms with Gasteiger partial charge in [0.25, 0.3) is 5.91 Å². The SMILES string of the molecule is Cc1ccnc2sc(C(=O)NCCOCC(C)C)c(N)c12. The third kappa shape index (κ3) is 3.71. The van der Waals surface area contributed by atoms with Crippen LogP contribution in [0.4, 0.5) is 5.69 Å². The van der Waals surface area contributed by atoms with E-state index in [4.69, 9.17) is 10.5 Å². The summed E-state index contributed by atoms with van der Waals surface area (Å²) < 4.78 is 5.43. The number of carbonyl (C=O) groups is 1. The smallest absolute Gasteiger partial charge is 0.263 e. The van der Waals surface area contributed by atoms with Gasteiger partial charge in [0.1, 0.15) is 9.71 Å². The number of aromatic nitrogens is 1. The molecule has 6 heteroatoms. The number of nitrogens with two attached hydrogens (primary N) is 1. The lowest BCUT2D eigenvalue weighted by Crippen LogP contribution is -2.27. The first-order valence-corrected chi connectivity index (χ1v) is 7.82. The van der Waals surface area contributed by atoms with E-state index < -0.39 is 0 Å². The summed E-state index contributed by atoms with van der Waals surface area (Å²) in [6.45, 7) is 7.83. The fourth-order valence-electron chi connectivity index (χ4n) is 2.01. The van der Waals surface area contributed by atoms with Crippen LogP contribution in [-0.4, -0.2) is 30.6 Å². The van der Waals surface area contributed by atoms with Gasteiger partial charge in [-0.1, -0.05) is 13.8 Å². The van der Waals surface area contributed by atoms with Gasteiger partial charge >= 0.3 is 0 Å². The Morgan fingerprint density at radius 3 is 2.95 bits per heavy atom. The average Bonchev–Trinajstić information content (AvgIpc) is 2.76. The first kappa shape index (κ1) is 15.7. The first-order valence-electron chi connectivity index (χ1n) is 7.00. The van der Waals surface area contributed by atoms with Crippen LogP contribution in [0.25, 0.3) is 10.2 Å². The Balaban J connectivity index is 2.00. The van der Waals surface area contributed by atoms with Gasteiger partial charge in [-0.05, 0) is 24.5 Å². The molecule has 0 unspecified atom stereocenters. The molecule has 0 atom stereocenters. The summed E-state index contributed by atoms with van der Waals surface area (Å²) >= 11 is 1.33. The number of ether oxygens (including phenoxy) is 1. The Kier molecular flexibility index (Phi) is 5.14. The van der Waals surface area contributed by atoms with Crippen LogP contribution in [0.2, 0.25) is 0 Å². The van der Waals surface area contributed by atoms with Crippen molar-refractivity contribution < 1.29 is 9.53 Å². The number of hydrogen-bond donors (Lipinski definition) is 2. The molecule has 0 bridgehead atoms. The van der Waals surface area contributed by atoms with Crippen molar-refractivity contribution in [1.29, 1.82) is 0 Å². The minimum Gasteiger partial charge on any atom is -0.397 e. The molecule has 0 aliphatic carbocycles. The van der Waals surface area contributed by atoms with Gasteiger partial charge in [-0.15, -0.1) is 11.3 Å². The quantitative estimate of drug-likeness (QED) is 0.804. The molecular weight excluding hydrogens is 286 g/mol. The summed E-state index contributed by atoms with van der Waals surface area (Å²) in [5.74, 6) is 0.330. The maximum atomic E-state index is 12.2. The number of nitrogens with one attached hydrogen (secondary N) is 1. The molecule has 0 aliphatic heterocycles. The van der Waals surface area contributed by atoms with Gasteiger partial charge in [-0.3, -0.25) is 4.79 Å². The lowest BCUT2D eigenvalue weighted by molar-refractivity contribution is 0.0890. The standard InChI is InChI=1S/C15H21N3O2S/c1-9(2)8-20-7-6-17-14(19)13-12(16)11-10(3)4-5-18-15(11)21-13/h4-5,9H,6-8,16H2,1-3H3,(H,17,19). The van der Waals surface area contributed by atoms with E-state index in [1.54, 1.807) is 6.20 Å². The molecule has 21 heavy (non-hydrogen) atoms. The molecule has 0 saturated carbocycles. The number of aryl methyl sites for hydroxylation is 1. The molecule has 1 amide bonds. The monoisotopic (exact) mass is 307 g/mol. The lowest BCUT2D eigenvalue weighted by atomic mass is 10.2. The molecule has 3 N–H and O–H groups in total. The second-order valence-corrected chi connectivity index (χ2v) is 6.38. The molecule has 2 aromatic rings. The Morgan fingerprint density at radius 1 is 1.52 bits per heavy atom. The molecular formula is C15H21N3O2S. The van der Waals surface area contributed by atoms with E-state index in [2.05, 4.69) is 24.1 Å². The Bertz CT molecular complexity index is 637. The van der Waals surface area contributed by atoms with Crippen LogP contribution in [0.5, 0.6) is 0 Å². The van der Waals surface area contributed by atoms with Crippen LogP contribution in [0.3, 0.4) is 0 Å². The minimum atomic E-state index is -0.164. The van der Waals surface area contributed by atoms with Crippen LogP contribution in [0.15, 0.2) is 12.3 Å². The van der Waals surface area contributed by atoms with Crippen LogP contribution in [-0.2, 0) is 4.74 Å². The van der Waals surface area contributed by atoms with Crippen molar-refractivity contribution in [2.24, 2.45) is 5.92 Å². The van der Waals surface area contributed by atoms with Gasteiger partial charge in [0, 0.05) is 24.7 Å². The van der Waals surface area contributed by atoms with Crippen molar-refractivity contribution in [3.8, 4) is 0 Å². The average molecular weight is 307 g/mol. The van der Waals surface area contributed by atoms with Crippen molar-refractivity contribution in [1.82, 2.24) is 10.3 Å². The largest absolute Gasteiger partial charge is 0.397 e. The highest BCUT2D eigenvalue weighted by Crippen LogP contribution is 2.34. The normalized spacial score (nSPS) is 11.2. The van der Waals surface area contributed by atoms with E-state index in [1.807, 2.05) is 13.0 Å². The maximum Gasteiger partial charge on any atom is 0.263 e.